The number of piperazine rings is 1. The van der Waals surface area contributed by atoms with Gasteiger partial charge in [-0.2, -0.15) is 0 Å². The second kappa shape index (κ2) is 7.81. The van der Waals surface area contributed by atoms with Gasteiger partial charge >= 0.3 is 0 Å². The quantitative estimate of drug-likeness (QED) is 0.846. The molecule has 1 aliphatic rings. The Balaban J connectivity index is 1.60. The van der Waals surface area contributed by atoms with E-state index in [0.717, 1.165) is 29.1 Å². The van der Waals surface area contributed by atoms with Crippen molar-refractivity contribution >= 4 is 21.8 Å². The summed E-state index contributed by atoms with van der Waals surface area (Å²) in [5.41, 5.74) is 0. The molecule has 1 aromatic carbocycles. The monoisotopic (exact) mass is 392 g/mol. The van der Waals surface area contributed by atoms with Crippen LogP contribution in [0.5, 0.6) is 5.75 Å². The van der Waals surface area contributed by atoms with E-state index in [1.54, 1.807) is 6.20 Å². The van der Waals surface area contributed by atoms with Crippen LogP contribution in [0.4, 0.5) is 0 Å². The molecule has 24 heavy (non-hydrogen) atoms. The van der Waals surface area contributed by atoms with Crippen LogP contribution in [0.3, 0.4) is 0 Å². The van der Waals surface area contributed by atoms with Crippen molar-refractivity contribution < 1.29 is 9.53 Å². The molecule has 1 amide bonds. The van der Waals surface area contributed by atoms with E-state index >= 15 is 0 Å². The summed E-state index contributed by atoms with van der Waals surface area (Å²) in [4.78, 5) is 19.0. The Hall–Kier alpha value is -1.86. The van der Waals surface area contributed by atoms with Gasteiger partial charge in [0.2, 0.25) is 5.91 Å². The predicted molar refractivity (Wildman–Crippen MR) is 94.8 cm³/mol. The number of rotatable bonds is 5. The maximum absolute atomic E-state index is 12.7. The summed E-state index contributed by atoms with van der Waals surface area (Å²) in [5.74, 6) is 1.75. The number of imidazole rings is 1. The number of nitrogens with zero attached hydrogens (tertiary/aromatic N) is 3. The zero-order valence-electron chi connectivity index (χ0n) is 13.6. The molecule has 3 rings (SSSR count). The van der Waals surface area contributed by atoms with Crippen molar-refractivity contribution in [1.82, 2.24) is 19.8 Å². The van der Waals surface area contributed by atoms with E-state index in [1.807, 2.05) is 47.0 Å². The molecule has 1 aromatic heterocycles. The SMILES string of the molecule is Cn1ccnc1C1CNCCN1C(=O)CCOc1ccccc1Br. The third-order valence-electron chi connectivity index (χ3n) is 4.13. The van der Waals surface area contributed by atoms with Crippen LogP contribution < -0.4 is 10.1 Å². The lowest BCUT2D eigenvalue weighted by Gasteiger charge is -2.35. The molecule has 0 spiro atoms. The zero-order chi connectivity index (χ0) is 16.9. The number of aromatic nitrogens is 2. The summed E-state index contributed by atoms with van der Waals surface area (Å²) in [5, 5.41) is 3.34. The molecule has 1 unspecified atom stereocenters. The first-order chi connectivity index (χ1) is 11.7. The second-order valence-corrected chi connectivity index (χ2v) is 6.59. The number of para-hydroxylation sites is 1. The minimum Gasteiger partial charge on any atom is -0.492 e. The molecule has 6 nitrogen and oxygen atoms in total. The standard InChI is InChI=1S/C17H21BrN4O2/c1-21-9-8-20-17(21)14-12-19-7-10-22(14)16(23)6-11-24-15-5-3-2-4-13(15)18/h2-5,8-9,14,19H,6-7,10-12H2,1H3. The lowest BCUT2D eigenvalue weighted by Crippen LogP contribution is -2.49. The summed E-state index contributed by atoms with van der Waals surface area (Å²) in [7, 11) is 1.95. The number of amides is 1. The van der Waals surface area contributed by atoms with Gasteiger partial charge in [0.05, 0.1) is 17.5 Å². The predicted octanol–water partition coefficient (Wildman–Crippen LogP) is 2.12. The minimum absolute atomic E-state index is 0.0327. The number of aryl methyl sites for hydroxylation is 1. The van der Waals surface area contributed by atoms with Crippen LogP contribution in [0.25, 0.3) is 0 Å². The number of hydrogen-bond acceptors (Lipinski definition) is 4. The van der Waals surface area contributed by atoms with Crippen LogP contribution in [0, 0.1) is 0 Å². The maximum Gasteiger partial charge on any atom is 0.226 e. The van der Waals surface area contributed by atoms with E-state index in [9.17, 15) is 4.79 Å². The number of benzene rings is 1. The lowest BCUT2D eigenvalue weighted by atomic mass is 10.1. The van der Waals surface area contributed by atoms with E-state index in [0.29, 0.717) is 19.6 Å². The van der Waals surface area contributed by atoms with Crippen molar-refractivity contribution in [1.29, 1.82) is 0 Å². The molecule has 0 saturated carbocycles. The lowest BCUT2D eigenvalue weighted by molar-refractivity contribution is -0.135. The highest BCUT2D eigenvalue weighted by atomic mass is 79.9. The third-order valence-corrected chi connectivity index (χ3v) is 4.79. The number of hydrogen-bond donors (Lipinski definition) is 1. The first-order valence-electron chi connectivity index (χ1n) is 8.01. The van der Waals surface area contributed by atoms with Crippen molar-refractivity contribution in [2.45, 2.75) is 12.5 Å². The molecule has 7 heteroatoms. The first kappa shape index (κ1) is 17.0. The van der Waals surface area contributed by atoms with E-state index in [1.165, 1.54) is 0 Å². The molecular formula is C17H21BrN4O2. The van der Waals surface area contributed by atoms with Crippen LogP contribution in [0.1, 0.15) is 18.3 Å². The van der Waals surface area contributed by atoms with Crippen molar-refractivity contribution in [2.24, 2.45) is 7.05 Å². The van der Waals surface area contributed by atoms with E-state index in [4.69, 9.17) is 4.74 Å². The fourth-order valence-corrected chi connectivity index (χ4v) is 3.28. The summed E-state index contributed by atoms with van der Waals surface area (Å²) in [6.07, 6.45) is 4.02. The highest BCUT2D eigenvalue weighted by Crippen LogP contribution is 2.24. The van der Waals surface area contributed by atoms with Gasteiger partial charge in [-0.25, -0.2) is 4.98 Å². The van der Waals surface area contributed by atoms with Crippen molar-refractivity contribution in [2.75, 3.05) is 26.2 Å². The Morgan fingerprint density at radius 3 is 3.04 bits per heavy atom. The van der Waals surface area contributed by atoms with Crippen molar-refractivity contribution in [3.8, 4) is 5.75 Å². The largest absolute Gasteiger partial charge is 0.492 e. The molecule has 128 valence electrons. The highest BCUT2D eigenvalue weighted by Gasteiger charge is 2.30. The number of carbonyl (C=O) groups is 1. The van der Waals surface area contributed by atoms with Gasteiger partial charge in [0.25, 0.3) is 0 Å². The second-order valence-electron chi connectivity index (χ2n) is 5.73. The van der Waals surface area contributed by atoms with Gasteiger partial charge in [0.1, 0.15) is 17.6 Å². The summed E-state index contributed by atoms with van der Waals surface area (Å²) < 4.78 is 8.58. The molecule has 1 fully saturated rings. The molecular weight excluding hydrogens is 372 g/mol. The normalized spacial score (nSPS) is 17.8. The first-order valence-corrected chi connectivity index (χ1v) is 8.81. The smallest absolute Gasteiger partial charge is 0.226 e. The number of halogens is 1. The van der Waals surface area contributed by atoms with Gasteiger partial charge in [0.15, 0.2) is 0 Å². The molecule has 0 aliphatic carbocycles. The Labute approximate surface area is 149 Å². The Morgan fingerprint density at radius 1 is 1.46 bits per heavy atom. The fraction of sp³-hybridized carbons (Fsp3) is 0.412. The Morgan fingerprint density at radius 2 is 2.29 bits per heavy atom. The Bertz CT molecular complexity index is 703. The van der Waals surface area contributed by atoms with E-state index in [2.05, 4.69) is 26.2 Å². The van der Waals surface area contributed by atoms with Gasteiger partial charge in [-0.3, -0.25) is 4.79 Å². The van der Waals surface area contributed by atoms with Crippen LogP contribution in [0.15, 0.2) is 41.1 Å². The van der Waals surface area contributed by atoms with Gasteiger partial charge in [0, 0.05) is 39.1 Å². The van der Waals surface area contributed by atoms with Crippen molar-refractivity contribution in [3.05, 3.63) is 47.0 Å². The molecule has 0 radical (unpaired) electrons. The molecule has 2 aromatic rings. The highest BCUT2D eigenvalue weighted by molar-refractivity contribution is 9.10. The van der Waals surface area contributed by atoms with Gasteiger partial charge in [-0.05, 0) is 28.1 Å². The topological polar surface area (TPSA) is 59.4 Å². The number of ether oxygens (including phenoxy) is 1. The molecule has 1 saturated heterocycles. The van der Waals surface area contributed by atoms with Crippen LogP contribution >= 0.6 is 15.9 Å². The van der Waals surface area contributed by atoms with Crippen molar-refractivity contribution in [3.63, 3.8) is 0 Å². The molecule has 1 aliphatic heterocycles. The fourth-order valence-electron chi connectivity index (χ4n) is 2.89. The van der Waals surface area contributed by atoms with Crippen LogP contribution in [0.2, 0.25) is 0 Å². The third kappa shape index (κ3) is 3.79. The van der Waals surface area contributed by atoms with Crippen LogP contribution in [-0.4, -0.2) is 46.6 Å². The zero-order valence-corrected chi connectivity index (χ0v) is 15.2. The summed E-state index contributed by atoms with van der Waals surface area (Å²) in [6, 6.07) is 7.62. The summed E-state index contributed by atoms with van der Waals surface area (Å²) in [6.45, 7) is 2.57. The van der Waals surface area contributed by atoms with Gasteiger partial charge in [-0.15, -0.1) is 0 Å². The maximum atomic E-state index is 12.7. The minimum atomic E-state index is -0.0327. The summed E-state index contributed by atoms with van der Waals surface area (Å²) >= 11 is 3.44. The van der Waals surface area contributed by atoms with Gasteiger partial charge in [-0.1, -0.05) is 12.1 Å². The molecule has 1 N–H and O–H groups in total. The van der Waals surface area contributed by atoms with E-state index in [-0.39, 0.29) is 11.9 Å². The van der Waals surface area contributed by atoms with Gasteiger partial charge < -0.3 is 19.5 Å². The van der Waals surface area contributed by atoms with Crippen LogP contribution in [-0.2, 0) is 11.8 Å². The average molecular weight is 393 g/mol. The van der Waals surface area contributed by atoms with E-state index < -0.39 is 0 Å². The Kier molecular flexibility index (Phi) is 5.52. The number of carbonyl (C=O) groups excluding carboxylic acids is 1. The molecule has 0 bridgehead atoms. The molecule has 1 atom stereocenters. The average Bonchev–Trinajstić information content (AvgIpc) is 3.02. The molecule has 2 heterocycles. The number of nitrogens with one attached hydrogen (secondary N) is 1.